The Bertz CT molecular complexity index is 2410. The van der Waals surface area contributed by atoms with Gasteiger partial charge in [0.1, 0.15) is 66.1 Å². The molecule has 4 aromatic carbocycles. The summed E-state index contributed by atoms with van der Waals surface area (Å²) in [6, 6.07) is 12.8. The number of aliphatic hydroxyl groups is 9. The molecule has 0 amide bonds. The van der Waals surface area contributed by atoms with Gasteiger partial charge in [-0.05, 0) is 52.1 Å². The molecule has 19 nitrogen and oxygen atoms in total. The first-order valence-corrected chi connectivity index (χ1v) is 19.0. The monoisotopic (exact) mass is 847 g/mol. The van der Waals surface area contributed by atoms with Gasteiger partial charge >= 0.3 is 5.97 Å². The Morgan fingerprint density at radius 1 is 0.607 bits per heavy atom. The van der Waals surface area contributed by atoms with Gasteiger partial charge in [0.15, 0.2) is 5.78 Å². The Kier molecular flexibility index (Phi) is 11.1. The highest BCUT2D eigenvalue weighted by molar-refractivity contribution is 6.18. The van der Waals surface area contributed by atoms with Crippen LogP contribution in [0.3, 0.4) is 0 Å². The second-order valence-electron chi connectivity index (χ2n) is 15.2. The molecule has 0 saturated carbocycles. The van der Waals surface area contributed by atoms with Crippen molar-refractivity contribution in [1.82, 2.24) is 0 Å². The summed E-state index contributed by atoms with van der Waals surface area (Å²) in [4.78, 5) is 41.7. The molecule has 2 heterocycles. The number of aromatic hydroxyl groups is 1. The van der Waals surface area contributed by atoms with Crippen molar-refractivity contribution in [3.05, 3.63) is 116 Å². The molecule has 2 fully saturated rings. The van der Waals surface area contributed by atoms with E-state index in [9.17, 15) is 75.7 Å². The number of carboxylic acid groups (broad SMARTS) is 1. The standard InChI is InChI=1S/C42H40O19/c43-11-14-7-18-26(16-3-1-5-22(30(16)34(50)28(18)20(46)8-14)58-41-38(54)36(52)32(48)24(12-44)60-41)27-17-4-2-6-23(59-42-39(55)37(53)33(49)25(13-45)61-42)31(17)35(51)29-19(27)9-15(40(56)57)10-21(29)47/h1-10,24-27,32-33,36-39,41-49,52-55H,11-13H2,(H,56,57)/p-1/t24-,25-,26+,27-,32-,33-,36+,37+,38-,39-,41-,42-/m1/s1. The van der Waals surface area contributed by atoms with Crippen LogP contribution in [-0.2, 0) is 16.1 Å². The minimum atomic E-state index is -1.92. The third-order valence-corrected chi connectivity index (χ3v) is 11.7. The Hall–Kier alpha value is -5.55. The molecule has 2 saturated heterocycles. The second kappa shape index (κ2) is 16.0. The number of hydrogen-bond donors (Lipinski definition) is 11. The summed E-state index contributed by atoms with van der Waals surface area (Å²) in [5.41, 5.74) is -1.68. The molecule has 2 aliphatic carbocycles. The molecule has 322 valence electrons. The number of phenolic OH excluding ortho intramolecular Hbond substituents is 1. The summed E-state index contributed by atoms with van der Waals surface area (Å²) >= 11 is 0. The average Bonchev–Trinajstić information content (AvgIpc) is 3.24. The highest BCUT2D eigenvalue weighted by Gasteiger charge is 2.49. The van der Waals surface area contributed by atoms with Gasteiger partial charge in [0.25, 0.3) is 0 Å². The van der Waals surface area contributed by atoms with Crippen molar-refractivity contribution in [3.8, 4) is 23.0 Å². The third kappa shape index (κ3) is 6.80. The van der Waals surface area contributed by atoms with E-state index in [0.29, 0.717) is 0 Å². The van der Waals surface area contributed by atoms with Crippen molar-refractivity contribution in [3.63, 3.8) is 0 Å². The van der Waals surface area contributed by atoms with E-state index in [0.717, 1.165) is 18.2 Å². The molecular weight excluding hydrogens is 808 g/mol. The molecule has 0 spiro atoms. The summed E-state index contributed by atoms with van der Waals surface area (Å²) in [5, 5.41) is 129. The highest BCUT2D eigenvalue weighted by Crippen LogP contribution is 2.56. The van der Waals surface area contributed by atoms with Gasteiger partial charge < -0.3 is 80.2 Å². The number of hydrogen-bond acceptors (Lipinski definition) is 18. The van der Waals surface area contributed by atoms with Crippen LogP contribution in [0.5, 0.6) is 23.0 Å². The predicted molar refractivity (Wildman–Crippen MR) is 199 cm³/mol. The maximum absolute atomic E-state index is 14.7. The minimum absolute atomic E-state index is 0.0521. The molecule has 4 aliphatic rings. The summed E-state index contributed by atoms with van der Waals surface area (Å²) in [5.74, 6) is -8.15. The molecule has 0 aromatic heterocycles. The first kappa shape index (κ1) is 42.2. The number of rotatable bonds is 9. The fourth-order valence-electron chi connectivity index (χ4n) is 8.72. The second-order valence-corrected chi connectivity index (χ2v) is 15.2. The molecule has 11 N–H and O–H groups in total. The van der Waals surface area contributed by atoms with Crippen molar-refractivity contribution < 1.29 is 94.6 Å². The van der Waals surface area contributed by atoms with E-state index in [1.807, 2.05) is 0 Å². The molecular formula is C42H39O19-. The first-order valence-electron chi connectivity index (χ1n) is 19.0. The van der Waals surface area contributed by atoms with Crippen LogP contribution in [0.4, 0.5) is 0 Å². The van der Waals surface area contributed by atoms with Crippen LogP contribution >= 0.6 is 0 Å². The van der Waals surface area contributed by atoms with E-state index < -0.39 is 133 Å². The maximum atomic E-state index is 14.7. The lowest BCUT2D eigenvalue weighted by molar-refractivity contribution is -0.277. The number of aromatic carboxylic acids is 1. The Morgan fingerprint density at radius 2 is 1.08 bits per heavy atom. The first-order chi connectivity index (χ1) is 29.1. The Balaban J connectivity index is 1.37. The van der Waals surface area contributed by atoms with Crippen LogP contribution in [-0.4, -0.2) is 148 Å². The summed E-state index contributed by atoms with van der Waals surface area (Å²) in [6.07, 6.45) is -17.4. The zero-order valence-electron chi connectivity index (χ0n) is 31.5. The zero-order chi connectivity index (χ0) is 43.8. The zero-order valence-corrected chi connectivity index (χ0v) is 31.5. The topological polar surface area (TPSA) is 334 Å². The highest BCUT2D eigenvalue weighted by atomic mass is 16.7. The van der Waals surface area contributed by atoms with E-state index in [-0.39, 0.29) is 56.0 Å². The number of phenols is 1. The van der Waals surface area contributed by atoms with Gasteiger partial charge in [-0.1, -0.05) is 42.1 Å². The lowest BCUT2D eigenvalue weighted by atomic mass is 9.63. The van der Waals surface area contributed by atoms with Gasteiger partial charge in [0, 0.05) is 17.4 Å². The van der Waals surface area contributed by atoms with E-state index in [1.54, 1.807) is 0 Å². The van der Waals surface area contributed by atoms with Gasteiger partial charge in [0.05, 0.1) is 42.1 Å². The molecule has 61 heavy (non-hydrogen) atoms. The van der Waals surface area contributed by atoms with Crippen molar-refractivity contribution in [2.45, 2.75) is 79.9 Å². The number of ether oxygens (including phenoxy) is 4. The number of carbonyl (C=O) groups is 3. The van der Waals surface area contributed by atoms with Gasteiger partial charge in [-0.3, -0.25) is 9.59 Å². The quantitative estimate of drug-likeness (QED) is 0.0873. The fourth-order valence-corrected chi connectivity index (χ4v) is 8.72. The van der Waals surface area contributed by atoms with Crippen LogP contribution in [0.1, 0.15) is 81.9 Å². The van der Waals surface area contributed by atoms with Crippen LogP contribution < -0.4 is 14.6 Å². The predicted octanol–water partition coefficient (Wildman–Crippen LogP) is -1.93. The number of benzene rings is 4. The lowest BCUT2D eigenvalue weighted by Crippen LogP contribution is -2.60. The Labute approximate surface area is 344 Å². The number of fused-ring (bicyclic) bond motifs is 4. The van der Waals surface area contributed by atoms with Crippen LogP contribution in [0.2, 0.25) is 0 Å². The molecule has 0 unspecified atom stereocenters. The van der Waals surface area contributed by atoms with E-state index in [4.69, 9.17) is 18.9 Å². The molecule has 0 radical (unpaired) electrons. The Morgan fingerprint density at radius 3 is 1.54 bits per heavy atom. The van der Waals surface area contributed by atoms with Crippen molar-refractivity contribution in [1.29, 1.82) is 0 Å². The third-order valence-electron chi connectivity index (χ3n) is 11.7. The molecule has 0 bridgehead atoms. The molecule has 2 aliphatic heterocycles. The van der Waals surface area contributed by atoms with Gasteiger partial charge in [-0.2, -0.15) is 0 Å². The van der Waals surface area contributed by atoms with E-state index >= 15 is 0 Å². The number of ketones is 2. The SMILES string of the molecule is O=C(O)c1cc([O-])c2c(c1)[C@H]([C@@H]1c3cc(CO)cc(O)c3C(=O)c3c(O[C@@H]4O[C@H](CO)[C@@H](O)[C@H](O)[C@H]4O)cccc31)c1cccc(O[C@@H]3O[C@H](CO)[C@@H](O)[C@H](O)[C@H]3O)c1C2=O. The number of carbonyl (C=O) groups excluding carboxylic acids is 2. The normalized spacial score (nSPS) is 30.4. The van der Waals surface area contributed by atoms with Gasteiger partial charge in [-0.25, -0.2) is 4.79 Å². The fraction of sp³-hybridized carbons (Fsp3) is 0.357. The maximum Gasteiger partial charge on any atom is 0.335 e. The summed E-state index contributed by atoms with van der Waals surface area (Å²) in [7, 11) is 0. The van der Waals surface area contributed by atoms with E-state index in [2.05, 4.69) is 0 Å². The van der Waals surface area contributed by atoms with Crippen LogP contribution in [0.25, 0.3) is 0 Å². The lowest BCUT2D eigenvalue weighted by Gasteiger charge is -2.42. The van der Waals surface area contributed by atoms with Crippen molar-refractivity contribution in [2.24, 2.45) is 0 Å². The summed E-state index contributed by atoms with van der Waals surface area (Å²) in [6.45, 7) is -2.23. The van der Waals surface area contributed by atoms with Crippen LogP contribution in [0.15, 0.2) is 60.7 Å². The van der Waals surface area contributed by atoms with Crippen molar-refractivity contribution in [2.75, 3.05) is 13.2 Å². The molecule has 8 rings (SSSR count). The summed E-state index contributed by atoms with van der Waals surface area (Å²) < 4.78 is 23.1. The number of aliphatic hydroxyl groups excluding tert-OH is 9. The van der Waals surface area contributed by atoms with Crippen LogP contribution in [0, 0.1) is 0 Å². The van der Waals surface area contributed by atoms with Crippen molar-refractivity contribution >= 4 is 17.5 Å². The number of carboxylic acids is 1. The van der Waals surface area contributed by atoms with Gasteiger partial charge in [0.2, 0.25) is 18.4 Å². The average molecular weight is 848 g/mol. The van der Waals surface area contributed by atoms with Gasteiger partial charge in [-0.15, -0.1) is 0 Å². The molecule has 19 heteroatoms. The molecule has 12 atom stereocenters. The minimum Gasteiger partial charge on any atom is -0.872 e. The van der Waals surface area contributed by atoms with E-state index in [1.165, 1.54) is 42.5 Å². The smallest absolute Gasteiger partial charge is 0.335 e. The largest absolute Gasteiger partial charge is 0.872 e. The molecule has 4 aromatic rings.